The Balaban J connectivity index is 1.45. The van der Waals surface area contributed by atoms with Crippen molar-refractivity contribution < 1.29 is 23.6 Å². The van der Waals surface area contributed by atoms with E-state index in [0.29, 0.717) is 29.4 Å². The van der Waals surface area contributed by atoms with E-state index in [1.54, 1.807) is 6.92 Å². The topological polar surface area (TPSA) is 81.9 Å². The van der Waals surface area contributed by atoms with Crippen molar-refractivity contribution in [2.45, 2.75) is 46.0 Å². The third kappa shape index (κ3) is 4.92. The van der Waals surface area contributed by atoms with Gasteiger partial charge in [-0.1, -0.05) is 71.9 Å². The molecule has 0 N–H and O–H groups in total. The normalized spacial score (nSPS) is 13.5. The number of carbonyl (C=O) groups excluding carboxylic acids is 2. The van der Waals surface area contributed by atoms with Crippen LogP contribution in [0.3, 0.4) is 0 Å². The van der Waals surface area contributed by atoms with Gasteiger partial charge >= 0.3 is 12.1 Å². The Morgan fingerprint density at radius 2 is 1.44 bits per heavy atom. The molecular weight excluding hydrogens is 492 g/mol. The number of nitrogens with zero attached hydrogens (tertiary/aromatic N) is 2. The molecule has 1 aromatic heterocycles. The van der Waals surface area contributed by atoms with E-state index in [2.05, 4.69) is 5.16 Å². The van der Waals surface area contributed by atoms with Crippen molar-refractivity contribution in [3.05, 3.63) is 89.6 Å². The average Bonchev–Trinajstić information content (AvgIpc) is 3.68. The van der Waals surface area contributed by atoms with Gasteiger partial charge in [-0.3, -0.25) is 4.79 Å². The Bertz CT molecular complexity index is 1480. The van der Waals surface area contributed by atoms with E-state index in [-0.39, 0.29) is 12.6 Å². The summed E-state index contributed by atoms with van der Waals surface area (Å²) in [5, 5.41) is 4.20. The maximum atomic E-state index is 13.2. The van der Waals surface area contributed by atoms with Crippen LogP contribution in [0.25, 0.3) is 22.5 Å². The van der Waals surface area contributed by atoms with E-state index < -0.39 is 11.5 Å². The van der Waals surface area contributed by atoms with Crippen molar-refractivity contribution in [3.8, 4) is 22.5 Å². The van der Waals surface area contributed by atoms with Crippen molar-refractivity contribution in [1.82, 2.24) is 5.16 Å². The summed E-state index contributed by atoms with van der Waals surface area (Å²) in [5.74, 6) is 0.346. The fourth-order valence-corrected chi connectivity index (χ4v) is 4.93. The van der Waals surface area contributed by atoms with Crippen LogP contribution in [-0.2, 0) is 19.7 Å². The lowest BCUT2D eigenvalue weighted by molar-refractivity contribution is -0.146. The minimum Gasteiger partial charge on any atom is -0.465 e. The molecule has 7 heteroatoms. The van der Waals surface area contributed by atoms with Gasteiger partial charge in [0, 0.05) is 5.56 Å². The molecule has 0 spiro atoms. The van der Waals surface area contributed by atoms with Gasteiger partial charge in [0.2, 0.25) is 0 Å². The second kappa shape index (κ2) is 10.8. The first-order valence-corrected chi connectivity index (χ1v) is 13.3. The van der Waals surface area contributed by atoms with Crippen LogP contribution in [0.15, 0.2) is 77.3 Å². The number of aryl methyl sites for hydroxylation is 2. The Morgan fingerprint density at radius 3 is 2.03 bits per heavy atom. The second-order valence-electron chi connectivity index (χ2n) is 9.72. The third-order valence-corrected chi connectivity index (χ3v) is 7.20. The van der Waals surface area contributed by atoms with E-state index in [1.807, 2.05) is 93.6 Å². The lowest BCUT2D eigenvalue weighted by Crippen LogP contribution is -2.28. The van der Waals surface area contributed by atoms with Gasteiger partial charge in [0.25, 0.3) is 0 Å². The van der Waals surface area contributed by atoms with Gasteiger partial charge < -0.3 is 14.0 Å². The number of rotatable bonds is 8. The molecule has 1 heterocycles. The Labute approximate surface area is 228 Å². The standard InChI is InChI=1S/C32H32N2O5/c1-5-37-30(35)32(19-20-32)26-17-15-24(16-18-26)23-11-13-25(14-12-23)29-28(22(4)33-39-29)34(31(36)38-6-2)27-10-8-7-9-21(27)3/h7-18H,5-6,19-20H2,1-4H3. The van der Waals surface area contributed by atoms with E-state index in [9.17, 15) is 9.59 Å². The van der Waals surface area contributed by atoms with Crippen LogP contribution in [0.4, 0.5) is 16.2 Å². The van der Waals surface area contributed by atoms with Crippen LogP contribution < -0.4 is 4.90 Å². The first-order chi connectivity index (χ1) is 18.9. The monoisotopic (exact) mass is 524 g/mol. The summed E-state index contributed by atoms with van der Waals surface area (Å²) < 4.78 is 16.5. The molecule has 7 nitrogen and oxygen atoms in total. The number of carbonyl (C=O) groups is 2. The number of ether oxygens (including phenoxy) is 2. The SMILES string of the molecule is CCOC(=O)N(c1ccccc1C)c1c(C)noc1-c1ccc(-c2ccc(C3(C(=O)OCC)CC3)cc2)cc1. The maximum absolute atomic E-state index is 13.2. The summed E-state index contributed by atoms with van der Waals surface area (Å²) >= 11 is 0. The number of hydrogen-bond acceptors (Lipinski definition) is 6. The van der Waals surface area contributed by atoms with Crippen LogP contribution in [-0.4, -0.2) is 30.4 Å². The number of benzene rings is 3. The predicted molar refractivity (Wildman–Crippen MR) is 150 cm³/mol. The van der Waals surface area contributed by atoms with Crippen molar-refractivity contribution in [2.24, 2.45) is 0 Å². The maximum Gasteiger partial charge on any atom is 0.419 e. The first kappa shape index (κ1) is 26.2. The van der Waals surface area contributed by atoms with Crippen molar-refractivity contribution in [3.63, 3.8) is 0 Å². The van der Waals surface area contributed by atoms with Crippen molar-refractivity contribution in [1.29, 1.82) is 0 Å². The summed E-state index contributed by atoms with van der Waals surface area (Å²) in [5.41, 5.74) is 6.11. The molecule has 0 atom stereocenters. The van der Waals surface area contributed by atoms with Crippen LogP contribution in [0, 0.1) is 13.8 Å². The molecular formula is C32H32N2O5. The molecule has 1 aliphatic rings. The van der Waals surface area contributed by atoms with Gasteiger partial charge in [0.1, 0.15) is 11.4 Å². The van der Waals surface area contributed by atoms with E-state index in [1.165, 1.54) is 4.90 Å². The number of amides is 1. The summed E-state index contributed by atoms with van der Waals surface area (Å²) in [6.07, 6.45) is 1.15. The molecule has 0 bridgehead atoms. The average molecular weight is 525 g/mol. The highest BCUT2D eigenvalue weighted by molar-refractivity contribution is 6.01. The highest BCUT2D eigenvalue weighted by Crippen LogP contribution is 2.49. The van der Waals surface area contributed by atoms with Crippen molar-refractivity contribution >= 4 is 23.4 Å². The van der Waals surface area contributed by atoms with Gasteiger partial charge in [0.15, 0.2) is 5.76 Å². The van der Waals surface area contributed by atoms with Gasteiger partial charge in [-0.2, -0.15) is 0 Å². The molecule has 1 fully saturated rings. The number of hydrogen-bond donors (Lipinski definition) is 0. The van der Waals surface area contributed by atoms with Crippen LogP contribution in [0.5, 0.6) is 0 Å². The quantitative estimate of drug-likeness (QED) is 0.222. The molecule has 3 aromatic carbocycles. The minimum absolute atomic E-state index is 0.136. The fourth-order valence-electron chi connectivity index (χ4n) is 4.93. The smallest absolute Gasteiger partial charge is 0.419 e. The highest BCUT2D eigenvalue weighted by atomic mass is 16.6. The highest BCUT2D eigenvalue weighted by Gasteiger charge is 2.52. The zero-order valence-corrected chi connectivity index (χ0v) is 22.7. The summed E-state index contributed by atoms with van der Waals surface area (Å²) in [7, 11) is 0. The zero-order chi connectivity index (χ0) is 27.6. The second-order valence-corrected chi connectivity index (χ2v) is 9.72. The molecule has 0 radical (unpaired) electrons. The predicted octanol–water partition coefficient (Wildman–Crippen LogP) is 7.51. The molecule has 0 unspecified atom stereocenters. The van der Waals surface area contributed by atoms with E-state index in [0.717, 1.165) is 40.7 Å². The Kier molecular flexibility index (Phi) is 7.24. The molecule has 1 aliphatic carbocycles. The molecule has 0 saturated heterocycles. The number of esters is 1. The number of aromatic nitrogens is 1. The molecule has 1 amide bonds. The van der Waals surface area contributed by atoms with Gasteiger partial charge in [-0.25, -0.2) is 9.69 Å². The third-order valence-electron chi connectivity index (χ3n) is 7.20. The van der Waals surface area contributed by atoms with Crippen LogP contribution in [0.2, 0.25) is 0 Å². The lowest BCUT2D eigenvalue weighted by Gasteiger charge is -2.23. The zero-order valence-electron chi connectivity index (χ0n) is 22.7. The molecule has 200 valence electrons. The fraction of sp³-hybridized carbons (Fsp3) is 0.281. The molecule has 4 aromatic rings. The van der Waals surface area contributed by atoms with Gasteiger partial charge in [0.05, 0.1) is 24.3 Å². The minimum atomic E-state index is -0.493. The van der Waals surface area contributed by atoms with Gasteiger partial charge in [-0.05, 0) is 68.9 Å². The molecule has 5 rings (SSSR count). The molecule has 0 aliphatic heterocycles. The van der Waals surface area contributed by atoms with Crippen molar-refractivity contribution in [2.75, 3.05) is 18.1 Å². The largest absolute Gasteiger partial charge is 0.465 e. The number of para-hydroxylation sites is 1. The lowest BCUT2D eigenvalue weighted by atomic mass is 9.93. The Morgan fingerprint density at radius 1 is 0.846 bits per heavy atom. The summed E-state index contributed by atoms with van der Waals surface area (Å²) in [6.45, 7) is 8.01. The first-order valence-electron chi connectivity index (χ1n) is 13.3. The number of anilines is 2. The molecule has 1 saturated carbocycles. The Hall–Kier alpha value is -4.39. The van der Waals surface area contributed by atoms with Crippen LogP contribution in [0.1, 0.15) is 43.5 Å². The van der Waals surface area contributed by atoms with Gasteiger partial charge in [-0.15, -0.1) is 0 Å². The van der Waals surface area contributed by atoms with E-state index >= 15 is 0 Å². The van der Waals surface area contributed by atoms with E-state index in [4.69, 9.17) is 14.0 Å². The van der Waals surface area contributed by atoms with Crippen LogP contribution >= 0.6 is 0 Å². The summed E-state index contributed by atoms with van der Waals surface area (Å²) in [6, 6.07) is 23.7. The molecule has 39 heavy (non-hydrogen) atoms. The summed E-state index contributed by atoms with van der Waals surface area (Å²) in [4.78, 5) is 27.1.